The second-order valence-electron chi connectivity index (χ2n) is 4.60. The quantitative estimate of drug-likeness (QED) is 0.653. The first-order valence-electron chi connectivity index (χ1n) is 5.71. The third-order valence-electron chi connectivity index (χ3n) is 3.51. The number of benzene rings is 1. The molecule has 14 heavy (non-hydrogen) atoms. The predicted molar refractivity (Wildman–Crippen MR) is 59.9 cm³/mol. The minimum atomic E-state index is 0.871. The van der Waals surface area contributed by atoms with E-state index in [2.05, 4.69) is 30.0 Å². The minimum Gasteiger partial charge on any atom is -0.368 e. The highest BCUT2D eigenvalue weighted by Crippen LogP contribution is 2.37. The molecular formula is C13H17N. The van der Waals surface area contributed by atoms with Crippen molar-refractivity contribution in [1.82, 2.24) is 0 Å². The molecule has 0 atom stereocenters. The van der Waals surface area contributed by atoms with E-state index in [4.69, 9.17) is 0 Å². The average Bonchev–Trinajstić information content (AvgIpc) is 3.01. The van der Waals surface area contributed by atoms with Gasteiger partial charge in [-0.2, -0.15) is 0 Å². The highest BCUT2D eigenvalue weighted by atomic mass is 15.2. The molecule has 1 saturated carbocycles. The lowest BCUT2D eigenvalue weighted by molar-refractivity contribution is 0.685. The van der Waals surface area contributed by atoms with Gasteiger partial charge < -0.3 is 4.90 Å². The van der Waals surface area contributed by atoms with Gasteiger partial charge >= 0.3 is 0 Å². The van der Waals surface area contributed by atoms with Gasteiger partial charge in [0.05, 0.1) is 0 Å². The van der Waals surface area contributed by atoms with Crippen molar-refractivity contribution < 1.29 is 0 Å². The standard InChI is InChI=1S/C13H17N/c1-10-4-2-6-13-12(10)5-3-9-14(13)11-7-8-11/h2,4,6,11H,3,5,7-9H2,1H3. The Bertz CT molecular complexity index is 352. The molecule has 0 unspecified atom stereocenters. The molecule has 1 aromatic rings. The Labute approximate surface area is 85.7 Å². The van der Waals surface area contributed by atoms with E-state index in [0.717, 1.165) is 6.04 Å². The van der Waals surface area contributed by atoms with Crippen molar-refractivity contribution in [2.45, 2.75) is 38.6 Å². The van der Waals surface area contributed by atoms with Crippen molar-refractivity contribution in [3.8, 4) is 0 Å². The largest absolute Gasteiger partial charge is 0.368 e. The van der Waals surface area contributed by atoms with Crippen LogP contribution in [0.25, 0.3) is 0 Å². The Hall–Kier alpha value is -0.980. The van der Waals surface area contributed by atoms with Crippen molar-refractivity contribution in [1.29, 1.82) is 0 Å². The first-order chi connectivity index (χ1) is 6.86. The molecule has 3 rings (SSSR count). The highest BCUT2D eigenvalue weighted by Gasteiger charge is 2.31. The van der Waals surface area contributed by atoms with Crippen LogP contribution in [0.5, 0.6) is 0 Å². The Balaban J connectivity index is 2.05. The SMILES string of the molecule is Cc1cccc2c1CCCN2C1CC1. The fraction of sp³-hybridized carbons (Fsp3) is 0.538. The molecule has 0 bridgehead atoms. The van der Waals surface area contributed by atoms with Crippen molar-refractivity contribution in [3.05, 3.63) is 29.3 Å². The Morgan fingerprint density at radius 3 is 2.93 bits per heavy atom. The van der Waals surface area contributed by atoms with Gasteiger partial charge in [0.2, 0.25) is 0 Å². The fourth-order valence-corrected chi connectivity index (χ4v) is 2.59. The highest BCUT2D eigenvalue weighted by molar-refractivity contribution is 5.59. The molecule has 74 valence electrons. The number of aryl methyl sites for hydroxylation is 1. The number of nitrogens with zero attached hydrogens (tertiary/aromatic N) is 1. The molecule has 0 radical (unpaired) electrons. The maximum Gasteiger partial charge on any atom is 0.0403 e. The van der Waals surface area contributed by atoms with E-state index in [9.17, 15) is 0 Å². The zero-order chi connectivity index (χ0) is 9.54. The van der Waals surface area contributed by atoms with Gasteiger partial charge in [0, 0.05) is 18.3 Å². The van der Waals surface area contributed by atoms with Gasteiger partial charge in [-0.25, -0.2) is 0 Å². The molecule has 1 nitrogen and oxygen atoms in total. The first-order valence-corrected chi connectivity index (χ1v) is 5.71. The van der Waals surface area contributed by atoms with E-state index in [0.29, 0.717) is 0 Å². The summed E-state index contributed by atoms with van der Waals surface area (Å²) in [5.41, 5.74) is 4.61. The molecule has 1 heterocycles. The Morgan fingerprint density at radius 1 is 1.29 bits per heavy atom. The Morgan fingerprint density at radius 2 is 2.14 bits per heavy atom. The van der Waals surface area contributed by atoms with Gasteiger partial charge in [-0.1, -0.05) is 12.1 Å². The van der Waals surface area contributed by atoms with Crippen LogP contribution in [0.15, 0.2) is 18.2 Å². The molecule has 0 amide bonds. The molecule has 0 N–H and O–H groups in total. The van der Waals surface area contributed by atoms with Crippen molar-refractivity contribution >= 4 is 5.69 Å². The van der Waals surface area contributed by atoms with Crippen LogP contribution in [-0.4, -0.2) is 12.6 Å². The molecule has 1 aliphatic carbocycles. The lowest BCUT2D eigenvalue weighted by Gasteiger charge is -2.32. The number of fused-ring (bicyclic) bond motifs is 1. The number of anilines is 1. The molecule has 0 aromatic heterocycles. The van der Waals surface area contributed by atoms with Gasteiger partial charge in [0.1, 0.15) is 0 Å². The predicted octanol–water partition coefficient (Wildman–Crippen LogP) is 2.91. The summed E-state index contributed by atoms with van der Waals surface area (Å²) in [5, 5.41) is 0. The maximum absolute atomic E-state index is 2.63. The molecule has 1 heteroatoms. The third-order valence-corrected chi connectivity index (χ3v) is 3.51. The maximum atomic E-state index is 2.63. The summed E-state index contributed by atoms with van der Waals surface area (Å²) in [6.45, 7) is 3.52. The van der Waals surface area contributed by atoms with E-state index in [1.54, 1.807) is 5.56 Å². The van der Waals surface area contributed by atoms with E-state index < -0.39 is 0 Å². The van der Waals surface area contributed by atoms with Gasteiger partial charge in [-0.15, -0.1) is 0 Å². The average molecular weight is 187 g/mol. The van der Waals surface area contributed by atoms with Crippen LogP contribution in [0.3, 0.4) is 0 Å². The van der Waals surface area contributed by atoms with E-state index in [1.165, 1.54) is 43.5 Å². The lowest BCUT2D eigenvalue weighted by atomic mass is 9.97. The zero-order valence-electron chi connectivity index (χ0n) is 8.79. The second kappa shape index (κ2) is 3.01. The van der Waals surface area contributed by atoms with Crippen LogP contribution < -0.4 is 4.90 Å². The van der Waals surface area contributed by atoms with Crippen LogP contribution in [0.4, 0.5) is 5.69 Å². The third kappa shape index (κ3) is 1.23. The molecule has 0 saturated heterocycles. The van der Waals surface area contributed by atoms with Crippen LogP contribution in [0.1, 0.15) is 30.4 Å². The molecule has 1 aromatic carbocycles. The summed E-state index contributed by atoms with van der Waals surface area (Å²) in [5.74, 6) is 0. The van der Waals surface area contributed by atoms with E-state index in [-0.39, 0.29) is 0 Å². The lowest BCUT2D eigenvalue weighted by Crippen LogP contribution is -2.31. The molecule has 2 aliphatic rings. The zero-order valence-corrected chi connectivity index (χ0v) is 8.79. The summed E-state index contributed by atoms with van der Waals surface area (Å²) in [4.78, 5) is 2.63. The number of hydrogen-bond donors (Lipinski definition) is 0. The van der Waals surface area contributed by atoms with Crippen LogP contribution in [-0.2, 0) is 6.42 Å². The van der Waals surface area contributed by atoms with Crippen molar-refractivity contribution in [3.63, 3.8) is 0 Å². The van der Waals surface area contributed by atoms with E-state index in [1.807, 2.05) is 0 Å². The number of rotatable bonds is 1. The molecule has 0 spiro atoms. The summed E-state index contributed by atoms with van der Waals surface area (Å²) in [7, 11) is 0. The minimum absolute atomic E-state index is 0.871. The summed E-state index contributed by atoms with van der Waals surface area (Å²) >= 11 is 0. The summed E-state index contributed by atoms with van der Waals surface area (Å²) in [6, 6.07) is 7.63. The normalized spacial score (nSPS) is 20.8. The van der Waals surface area contributed by atoms with Crippen LogP contribution >= 0.6 is 0 Å². The number of hydrogen-bond acceptors (Lipinski definition) is 1. The molecular weight excluding hydrogens is 170 g/mol. The summed E-state index contributed by atoms with van der Waals surface area (Å²) < 4.78 is 0. The van der Waals surface area contributed by atoms with E-state index >= 15 is 0 Å². The van der Waals surface area contributed by atoms with Gasteiger partial charge in [-0.05, 0) is 49.8 Å². The van der Waals surface area contributed by atoms with Crippen LogP contribution in [0.2, 0.25) is 0 Å². The first kappa shape index (κ1) is 8.34. The van der Waals surface area contributed by atoms with Crippen LogP contribution in [0, 0.1) is 6.92 Å². The Kier molecular flexibility index (Phi) is 1.79. The summed E-state index contributed by atoms with van der Waals surface area (Å²) in [6.07, 6.45) is 5.44. The van der Waals surface area contributed by atoms with Gasteiger partial charge in [0.15, 0.2) is 0 Å². The van der Waals surface area contributed by atoms with Gasteiger partial charge in [0.25, 0.3) is 0 Å². The fourth-order valence-electron chi connectivity index (χ4n) is 2.59. The topological polar surface area (TPSA) is 3.24 Å². The van der Waals surface area contributed by atoms with Gasteiger partial charge in [-0.3, -0.25) is 0 Å². The van der Waals surface area contributed by atoms with Crippen molar-refractivity contribution in [2.24, 2.45) is 0 Å². The molecule has 1 aliphatic heterocycles. The molecule has 1 fully saturated rings. The monoisotopic (exact) mass is 187 g/mol. The van der Waals surface area contributed by atoms with Crippen molar-refractivity contribution in [2.75, 3.05) is 11.4 Å². The smallest absolute Gasteiger partial charge is 0.0403 e. The second-order valence-corrected chi connectivity index (χ2v) is 4.60.